The van der Waals surface area contributed by atoms with E-state index in [-0.39, 0.29) is 0 Å². The molecule has 0 saturated carbocycles. The molecule has 0 spiro atoms. The molecule has 0 amide bonds. The van der Waals surface area contributed by atoms with Crippen molar-refractivity contribution in [1.29, 1.82) is 0 Å². The van der Waals surface area contributed by atoms with Gasteiger partial charge in [0.05, 0.1) is 0 Å². The summed E-state index contributed by atoms with van der Waals surface area (Å²) in [4.78, 5) is 0. The molecule has 0 aliphatic heterocycles. The maximum absolute atomic E-state index is 9.92. The molecule has 1 aromatic carbocycles. The van der Waals surface area contributed by atoms with E-state index in [0.717, 1.165) is 28.4 Å². The Morgan fingerprint density at radius 2 is 2.00 bits per heavy atom. The molecular formula is C12H13BrO. The fraction of sp³-hybridized carbons (Fsp3) is 0.333. The first kappa shape index (κ1) is 9.78. The Labute approximate surface area is 92.6 Å². The molecule has 1 aliphatic carbocycles. The van der Waals surface area contributed by atoms with Gasteiger partial charge in [-0.1, -0.05) is 27.6 Å². The molecule has 0 heterocycles. The third-order valence-electron chi connectivity index (χ3n) is 2.75. The van der Waals surface area contributed by atoms with Gasteiger partial charge < -0.3 is 5.11 Å². The standard InChI is InChI=1S/C12H13BrO/c1-7-3-4-9-10(5-7)12(14)8(2)6-11(9)13/h5-6,14H,3-4H2,1-2H3. The maximum atomic E-state index is 9.92. The zero-order valence-electron chi connectivity index (χ0n) is 8.39. The topological polar surface area (TPSA) is 20.2 Å². The van der Waals surface area contributed by atoms with Crippen molar-refractivity contribution < 1.29 is 5.11 Å². The first-order chi connectivity index (χ1) is 6.59. The molecule has 0 fully saturated rings. The Balaban J connectivity index is 2.71. The van der Waals surface area contributed by atoms with Gasteiger partial charge in [-0.05, 0) is 43.9 Å². The summed E-state index contributed by atoms with van der Waals surface area (Å²) < 4.78 is 1.12. The van der Waals surface area contributed by atoms with Crippen molar-refractivity contribution in [3.8, 4) is 5.75 Å². The molecule has 0 radical (unpaired) electrons. The number of rotatable bonds is 0. The van der Waals surface area contributed by atoms with E-state index in [4.69, 9.17) is 0 Å². The van der Waals surface area contributed by atoms with Crippen molar-refractivity contribution >= 4 is 22.0 Å². The summed E-state index contributed by atoms with van der Waals surface area (Å²) >= 11 is 3.55. The fourth-order valence-electron chi connectivity index (χ4n) is 1.88. The van der Waals surface area contributed by atoms with Gasteiger partial charge in [0, 0.05) is 10.0 Å². The monoisotopic (exact) mass is 252 g/mol. The first-order valence-corrected chi connectivity index (χ1v) is 5.57. The number of allylic oxidation sites excluding steroid dienone is 1. The summed E-state index contributed by atoms with van der Waals surface area (Å²) in [5, 5.41) is 9.92. The third-order valence-corrected chi connectivity index (χ3v) is 3.45. The van der Waals surface area contributed by atoms with Crippen LogP contribution in [0.3, 0.4) is 0 Å². The summed E-state index contributed by atoms with van der Waals surface area (Å²) in [5.74, 6) is 0.433. The Morgan fingerprint density at radius 1 is 1.29 bits per heavy atom. The number of aryl methyl sites for hydroxylation is 1. The molecule has 1 aromatic rings. The van der Waals surface area contributed by atoms with Gasteiger partial charge in [0.25, 0.3) is 0 Å². The third kappa shape index (κ3) is 1.48. The number of hydrogen-bond donors (Lipinski definition) is 1. The van der Waals surface area contributed by atoms with Crippen LogP contribution in [0.5, 0.6) is 5.75 Å². The molecule has 0 saturated heterocycles. The highest BCUT2D eigenvalue weighted by Crippen LogP contribution is 2.37. The van der Waals surface area contributed by atoms with Gasteiger partial charge in [-0.2, -0.15) is 0 Å². The molecule has 1 nitrogen and oxygen atoms in total. The van der Waals surface area contributed by atoms with Crippen molar-refractivity contribution in [2.75, 3.05) is 0 Å². The summed E-state index contributed by atoms with van der Waals surface area (Å²) in [6, 6.07) is 1.99. The van der Waals surface area contributed by atoms with Gasteiger partial charge in [0.2, 0.25) is 0 Å². The average molecular weight is 253 g/mol. The van der Waals surface area contributed by atoms with Crippen molar-refractivity contribution in [2.45, 2.75) is 26.7 Å². The lowest BCUT2D eigenvalue weighted by molar-refractivity contribution is 0.468. The Kier molecular flexibility index (Phi) is 2.40. The number of benzene rings is 1. The lowest BCUT2D eigenvalue weighted by Gasteiger charge is -2.18. The number of fused-ring (bicyclic) bond motifs is 1. The van der Waals surface area contributed by atoms with Crippen molar-refractivity contribution in [3.05, 3.63) is 32.8 Å². The van der Waals surface area contributed by atoms with Crippen molar-refractivity contribution in [2.24, 2.45) is 0 Å². The zero-order chi connectivity index (χ0) is 10.3. The smallest absolute Gasteiger partial charge is 0.126 e. The first-order valence-electron chi connectivity index (χ1n) is 4.77. The minimum Gasteiger partial charge on any atom is -0.507 e. The van der Waals surface area contributed by atoms with Gasteiger partial charge in [0.15, 0.2) is 0 Å². The van der Waals surface area contributed by atoms with Gasteiger partial charge in [-0.25, -0.2) is 0 Å². The second-order valence-electron chi connectivity index (χ2n) is 3.91. The van der Waals surface area contributed by atoms with Crippen LogP contribution in [0.2, 0.25) is 0 Å². The Morgan fingerprint density at radius 3 is 2.71 bits per heavy atom. The van der Waals surface area contributed by atoms with Crippen LogP contribution in [0.4, 0.5) is 0 Å². The molecule has 1 aliphatic rings. The van der Waals surface area contributed by atoms with Crippen LogP contribution in [0.25, 0.3) is 6.08 Å². The molecule has 0 unspecified atom stereocenters. The fourth-order valence-corrected chi connectivity index (χ4v) is 2.64. The van der Waals surface area contributed by atoms with E-state index in [1.165, 1.54) is 11.1 Å². The van der Waals surface area contributed by atoms with Crippen LogP contribution >= 0.6 is 15.9 Å². The largest absolute Gasteiger partial charge is 0.507 e. The van der Waals surface area contributed by atoms with E-state index in [1.807, 2.05) is 13.0 Å². The molecule has 2 heteroatoms. The lowest BCUT2D eigenvalue weighted by Crippen LogP contribution is -2.00. The lowest BCUT2D eigenvalue weighted by atomic mass is 9.91. The SMILES string of the molecule is CC1=Cc2c(O)c(C)cc(Br)c2CC1. The normalized spacial score (nSPS) is 14.9. The highest BCUT2D eigenvalue weighted by atomic mass is 79.9. The van der Waals surface area contributed by atoms with Gasteiger partial charge >= 0.3 is 0 Å². The van der Waals surface area contributed by atoms with Crippen molar-refractivity contribution in [3.63, 3.8) is 0 Å². The van der Waals surface area contributed by atoms with Crippen LogP contribution in [-0.2, 0) is 6.42 Å². The minimum atomic E-state index is 0.433. The summed E-state index contributed by atoms with van der Waals surface area (Å²) in [5.41, 5.74) is 4.51. The summed E-state index contributed by atoms with van der Waals surface area (Å²) in [6.45, 7) is 4.04. The van der Waals surface area contributed by atoms with Gasteiger partial charge in [-0.3, -0.25) is 0 Å². The Bertz CT molecular complexity index is 419. The van der Waals surface area contributed by atoms with Crippen molar-refractivity contribution in [1.82, 2.24) is 0 Å². The quantitative estimate of drug-likeness (QED) is 0.745. The second kappa shape index (κ2) is 3.43. The van der Waals surface area contributed by atoms with Crippen LogP contribution in [-0.4, -0.2) is 5.11 Å². The zero-order valence-corrected chi connectivity index (χ0v) is 9.98. The van der Waals surface area contributed by atoms with E-state index >= 15 is 0 Å². The maximum Gasteiger partial charge on any atom is 0.126 e. The van der Waals surface area contributed by atoms with Crippen LogP contribution in [0.1, 0.15) is 30.0 Å². The second-order valence-corrected chi connectivity index (χ2v) is 4.76. The average Bonchev–Trinajstić information content (AvgIpc) is 2.14. The number of phenols is 1. The van der Waals surface area contributed by atoms with Crippen LogP contribution in [0.15, 0.2) is 16.1 Å². The molecule has 0 bridgehead atoms. The minimum absolute atomic E-state index is 0.433. The molecule has 14 heavy (non-hydrogen) atoms. The molecule has 0 aromatic heterocycles. The van der Waals surface area contributed by atoms with E-state index in [9.17, 15) is 5.11 Å². The predicted molar refractivity (Wildman–Crippen MR) is 62.5 cm³/mol. The molecule has 74 valence electrons. The number of aromatic hydroxyl groups is 1. The van der Waals surface area contributed by atoms with E-state index in [2.05, 4.69) is 28.9 Å². The Hall–Kier alpha value is -0.760. The highest BCUT2D eigenvalue weighted by molar-refractivity contribution is 9.10. The number of halogens is 1. The summed E-state index contributed by atoms with van der Waals surface area (Å²) in [6.07, 6.45) is 4.20. The predicted octanol–water partition coefficient (Wildman–Crippen LogP) is 3.81. The highest BCUT2D eigenvalue weighted by Gasteiger charge is 2.16. The van der Waals surface area contributed by atoms with E-state index < -0.39 is 0 Å². The molecule has 2 rings (SSSR count). The molecule has 1 N–H and O–H groups in total. The molecular weight excluding hydrogens is 240 g/mol. The summed E-state index contributed by atoms with van der Waals surface area (Å²) in [7, 11) is 0. The van der Waals surface area contributed by atoms with Crippen LogP contribution in [0, 0.1) is 6.92 Å². The van der Waals surface area contributed by atoms with Gasteiger partial charge in [-0.15, -0.1) is 0 Å². The van der Waals surface area contributed by atoms with Gasteiger partial charge in [0.1, 0.15) is 5.75 Å². The number of hydrogen-bond acceptors (Lipinski definition) is 1. The van der Waals surface area contributed by atoms with E-state index in [0.29, 0.717) is 5.75 Å². The van der Waals surface area contributed by atoms with E-state index in [1.54, 1.807) is 0 Å². The van der Waals surface area contributed by atoms with Crippen LogP contribution < -0.4 is 0 Å². The number of phenolic OH excluding ortho intramolecular Hbond substituents is 1. The molecule has 0 atom stereocenters.